The van der Waals surface area contributed by atoms with Crippen LogP contribution in [0.2, 0.25) is 0 Å². The smallest absolute Gasteiger partial charge is 0.193 e. The van der Waals surface area contributed by atoms with E-state index in [1.807, 2.05) is 28.2 Å². The molecule has 4 aliphatic heterocycles. The van der Waals surface area contributed by atoms with E-state index in [-0.39, 0.29) is 0 Å². The number of guanidine groups is 2. The van der Waals surface area contributed by atoms with Gasteiger partial charge >= 0.3 is 0 Å². The average molecular weight is 567 g/mol. The maximum Gasteiger partial charge on any atom is 0.193 e. The third-order valence-corrected chi connectivity index (χ3v) is 8.49. The predicted octanol–water partition coefficient (Wildman–Crippen LogP) is 1.57. The van der Waals surface area contributed by atoms with E-state index in [1.165, 1.54) is 65.0 Å². The lowest BCUT2D eigenvalue weighted by Crippen LogP contribution is -2.50. The van der Waals surface area contributed by atoms with Crippen molar-refractivity contribution in [3.8, 4) is 0 Å². The average Bonchev–Trinajstić information content (AvgIpc) is 2.96. The van der Waals surface area contributed by atoms with E-state index < -0.39 is 0 Å². The van der Waals surface area contributed by atoms with Crippen LogP contribution in [-0.4, -0.2) is 176 Å². The van der Waals surface area contributed by atoms with E-state index in [0.717, 1.165) is 63.0 Å². The Bertz CT molecular complexity index is 590. The molecular formula is C30H66N10. The fraction of sp³-hybridized carbons (Fsp3) is 0.933. The lowest BCUT2D eigenvalue weighted by Gasteiger charge is -2.34. The molecule has 40 heavy (non-hydrogen) atoms. The molecule has 4 fully saturated rings. The summed E-state index contributed by atoms with van der Waals surface area (Å²) in [5.41, 5.74) is 0. The van der Waals surface area contributed by atoms with Gasteiger partial charge in [0.2, 0.25) is 0 Å². The molecule has 10 heteroatoms. The van der Waals surface area contributed by atoms with Gasteiger partial charge in [-0.25, -0.2) is 0 Å². The second-order valence-corrected chi connectivity index (χ2v) is 12.1. The Kier molecular flexibility index (Phi) is 19.2. The maximum atomic E-state index is 4.19. The number of likely N-dealkylation sites (N-methyl/N-ethyl adjacent to an activating group) is 3. The lowest BCUT2D eigenvalue weighted by atomic mass is 10.00. The third-order valence-electron chi connectivity index (χ3n) is 8.49. The summed E-state index contributed by atoms with van der Waals surface area (Å²) in [7, 11) is 16.2. The first-order valence-corrected chi connectivity index (χ1v) is 15.7. The standard InChI is InChI=1S/C9H19N3.C8H18N4.C7H15N.C6H14N2/c1-8-4-6-12(7-5-8)9(10-2)11-3;1-9-8(10-2)12-6-4-11(3)5-7-12;2*1-7-3-5-8(2)6-4-7/h8H,4-7H2,1-3H3,(H,10,11);4-7H2,1-3H3,(H,9,10);7H,3-6H2,1-2H3;3-6H2,1-2H3. The van der Waals surface area contributed by atoms with Crippen molar-refractivity contribution in [3.63, 3.8) is 0 Å². The van der Waals surface area contributed by atoms with Gasteiger partial charge in [0.15, 0.2) is 11.9 Å². The van der Waals surface area contributed by atoms with Crippen LogP contribution in [0.4, 0.5) is 0 Å². The Morgan fingerprint density at radius 3 is 1.05 bits per heavy atom. The monoisotopic (exact) mass is 567 g/mol. The van der Waals surface area contributed by atoms with E-state index in [2.05, 4.69) is 92.1 Å². The fourth-order valence-electron chi connectivity index (χ4n) is 5.11. The van der Waals surface area contributed by atoms with Crippen LogP contribution in [0, 0.1) is 11.8 Å². The molecule has 0 spiro atoms. The molecule has 4 heterocycles. The van der Waals surface area contributed by atoms with E-state index in [0.29, 0.717) is 0 Å². The fourth-order valence-corrected chi connectivity index (χ4v) is 5.11. The van der Waals surface area contributed by atoms with Gasteiger partial charge in [0.1, 0.15) is 0 Å². The molecule has 236 valence electrons. The minimum absolute atomic E-state index is 0.885. The van der Waals surface area contributed by atoms with E-state index >= 15 is 0 Å². The van der Waals surface area contributed by atoms with Gasteiger partial charge in [0.25, 0.3) is 0 Å². The van der Waals surface area contributed by atoms with Crippen LogP contribution < -0.4 is 10.6 Å². The first kappa shape index (κ1) is 36.4. The minimum Gasteiger partial charge on any atom is -0.359 e. The molecule has 10 nitrogen and oxygen atoms in total. The summed E-state index contributed by atoms with van der Waals surface area (Å²) in [6.45, 7) is 18.9. The molecule has 2 N–H and O–H groups in total. The normalized spacial score (nSPS) is 23.2. The van der Waals surface area contributed by atoms with Gasteiger partial charge in [0, 0.05) is 93.6 Å². The van der Waals surface area contributed by atoms with Gasteiger partial charge in [-0.2, -0.15) is 0 Å². The Labute approximate surface area is 248 Å². The predicted molar refractivity (Wildman–Crippen MR) is 175 cm³/mol. The van der Waals surface area contributed by atoms with Crippen molar-refractivity contribution >= 4 is 11.9 Å². The molecule has 0 unspecified atom stereocenters. The summed E-state index contributed by atoms with van der Waals surface area (Å²) >= 11 is 0. The molecule has 0 aromatic rings. The number of hydrogen-bond acceptors (Lipinski definition) is 6. The van der Waals surface area contributed by atoms with Crippen LogP contribution in [0.25, 0.3) is 0 Å². The van der Waals surface area contributed by atoms with E-state index in [4.69, 9.17) is 0 Å². The molecule has 0 aromatic carbocycles. The first-order valence-electron chi connectivity index (χ1n) is 15.7. The third kappa shape index (κ3) is 15.4. The van der Waals surface area contributed by atoms with Crippen LogP contribution in [-0.2, 0) is 0 Å². The SMILES string of the molecule is CC1CCN(C)CC1.CN1CCN(C)CC1.CN=C(NC)N1CCC(C)CC1.CN=C(NC)N1CCN(C)CC1. The molecule has 0 aliphatic carbocycles. The molecule has 0 saturated carbocycles. The van der Waals surface area contributed by atoms with Crippen molar-refractivity contribution < 1.29 is 0 Å². The number of likely N-dealkylation sites (tertiary alicyclic amines) is 2. The molecule has 0 atom stereocenters. The highest BCUT2D eigenvalue weighted by molar-refractivity contribution is 5.80. The van der Waals surface area contributed by atoms with Crippen molar-refractivity contribution in [1.82, 2.24) is 40.0 Å². The van der Waals surface area contributed by atoms with Crippen LogP contribution in [0.3, 0.4) is 0 Å². The second kappa shape index (κ2) is 21.1. The summed E-state index contributed by atoms with van der Waals surface area (Å²) in [5, 5.41) is 6.21. The lowest BCUT2D eigenvalue weighted by molar-refractivity contribution is 0.181. The quantitative estimate of drug-likeness (QED) is 0.339. The Morgan fingerprint density at radius 2 is 0.750 bits per heavy atom. The van der Waals surface area contributed by atoms with Crippen molar-refractivity contribution in [1.29, 1.82) is 0 Å². The van der Waals surface area contributed by atoms with Crippen molar-refractivity contribution in [2.24, 2.45) is 21.8 Å². The number of piperidine rings is 2. The number of hydrogen-bond donors (Lipinski definition) is 2. The zero-order valence-electron chi connectivity index (χ0n) is 28.0. The highest BCUT2D eigenvalue weighted by Gasteiger charge is 2.17. The number of nitrogens with zero attached hydrogens (tertiary/aromatic N) is 8. The molecule has 0 amide bonds. The molecule has 0 bridgehead atoms. The summed E-state index contributed by atoms with van der Waals surface area (Å²) in [6, 6.07) is 0. The van der Waals surface area contributed by atoms with Gasteiger partial charge < -0.3 is 40.0 Å². The molecule has 0 aromatic heterocycles. The van der Waals surface area contributed by atoms with Crippen LogP contribution in [0.15, 0.2) is 9.98 Å². The molecular weight excluding hydrogens is 500 g/mol. The van der Waals surface area contributed by atoms with Crippen molar-refractivity contribution in [3.05, 3.63) is 0 Å². The molecule has 4 aliphatic rings. The molecule has 0 radical (unpaired) electrons. The van der Waals surface area contributed by atoms with Gasteiger partial charge in [0.05, 0.1) is 0 Å². The van der Waals surface area contributed by atoms with E-state index in [1.54, 1.807) is 0 Å². The summed E-state index contributed by atoms with van der Waals surface area (Å²) < 4.78 is 0. The summed E-state index contributed by atoms with van der Waals surface area (Å²) in [6.07, 6.45) is 5.38. The number of aliphatic imine (C=N–C) groups is 2. The number of rotatable bonds is 0. The Morgan fingerprint density at radius 1 is 0.475 bits per heavy atom. The van der Waals surface area contributed by atoms with Gasteiger partial charge in [-0.05, 0) is 78.8 Å². The van der Waals surface area contributed by atoms with Crippen LogP contribution >= 0.6 is 0 Å². The number of nitrogens with one attached hydrogen (secondary N) is 2. The zero-order valence-corrected chi connectivity index (χ0v) is 28.0. The Balaban J connectivity index is 0.000000271. The van der Waals surface area contributed by atoms with Crippen LogP contribution in [0.5, 0.6) is 0 Å². The maximum absolute atomic E-state index is 4.19. The highest BCUT2D eigenvalue weighted by atomic mass is 15.3. The van der Waals surface area contributed by atoms with Crippen LogP contribution in [0.1, 0.15) is 39.5 Å². The first-order chi connectivity index (χ1) is 19.1. The summed E-state index contributed by atoms with van der Waals surface area (Å²) in [4.78, 5) is 22.4. The van der Waals surface area contributed by atoms with Gasteiger partial charge in [-0.1, -0.05) is 13.8 Å². The van der Waals surface area contributed by atoms with Gasteiger partial charge in [-0.15, -0.1) is 0 Å². The zero-order chi connectivity index (χ0) is 29.9. The topological polar surface area (TPSA) is 68.2 Å². The van der Waals surface area contributed by atoms with Gasteiger partial charge in [-0.3, -0.25) is 9.98 Å². The highest BCUT2D eigenvalue weighted by Crippen LogP contribution is 2.15. The largest absolute Gasteiger partial charge is 0.359 e. The summed E-state index contributed by atoms with van der Waals surface area (Å²) in [5.74, 6) is 3.90. The molecule has 4 rings (SSSR count). The van der Waals surface area contributed by atoms with Crippen molar-refractivity contribution in [2.45, 2.75) is 39.5 Å². The Hall–Kier alpha value is -1.62. The van der Waals surface area contributed by atoms with E-state index in [9.17, 15) is 0 Å². The minimum atomic E-state index is 0.885. The molecule has 4 saturated heterocycles. The van der Waals surface area contributed by atoms with Crippen molar-refractivity contribution in [2.75, 3.05) is 135 Å². The second-order valence-electron chi connectivity index (χ2n) is 12.1. The number of piperazine rings is 2.